The third-order valence-corrected chi connectivity index (χ3v) is 2.38. The molecular formula is C12H21NO2. The van der Waals surface area contributed by atoms with E-state index in [2.05, 4.69) is 6.58 Å². The Morgan fingerprint density at radius 1 is 1.53 bits per heavy atom. The summed E-state index contributed by atoms with van der Waals surface area (Å²) in [5.74, 6) is 0.0113. The van der Waals surface area contributed by atoms with Gasteiger partial charge in [0.05, 0.1) is 11.7 Å². The number of amides is 1. The van der Waals surface area contributed by atoms with Crippen molar-refractivity contribution in [2.75, 3.05) is 13.1 Å². The zero-order valence-electron chi connectivity index (χ0n) is 9.95. The van der Waals surface area contributed by atoms with Gasteiger partial charge in [0.15, 0.2) is 0 Å². The molecule has 1 unspecified atom stereocenters. The summed E-state index contributed by atoms with van der Waals surface area (Å²) in [5.41, 5.74) is -0.134. The van der Waals surface area contributed by atoms with Gasteiger partial charge in [0, 0.05) is 13.1 Å². The summed E-state index contributed by atoms with van der Waals surface area (Å²) in [6.45, 7) is 11.2. The molecule has 3 heteroatoms. The van der Waals surface area contributed by atoms with Gasteiger partial charge in [-0.05, 0) is 39.7 Å². The van der Waals surface area contributed by atoms with Crippen LogP contribution in [0, 0.1) is 0 Å². The number of nitrogens with zero attached hydrogens (tertiary/aromatic N) is 1. The van der Waals surface area contributed by atoms with Crippen molar-refractivity contribution in [2.45, 2.75) is 45.3 Å². The monoisotopic (exact) mass is 211 g/mol. The van der Waals surface area contributed by atoms with E-state index in [0.717, 1.165) is 19.4 Å². The molecule has 0 aromatic heterocycles. The number of ether oxygens (including phenoxy) is 1. The summed E-state index contributed by atoms with van der Waals surface area (Å²) in [5, 5.41) is 0. The van der Waals surface area contributed by atoms with E-state index in [1.165, 1.54) is 6.08 Å². The first kappa shape index (κ1) is 12.2. The molecule has 1 fully saturated rings. The smallest absolute Gasteiger partial charge is 0.246 e. The second kappa shape index (κ2) is 4.79. The minimum Gasteiger partial charge on any atom is -0.371 e. The second-order valence-electron chi connectivity index (χ2n) is 4.98. The van der Waals surface area contributed by atoms with Crippen LogP contribution in [0.2, 0.25) is 0 Å². The van der Waals surface area contributed by atoms with Gasteiger partial charge in [-0.3, -0.25) is 4.79 Å². The zero-order valence-corrected chi connectivity index (χ0v) is 9.95. The Balaban J connectivity index is 2.49. The second-order valence-corrected chi connectivity index (χ2v) is 4.98. The molecule has 1 amide bonds. The van der Waals surface area contributed by atoms with E-state index in [9.17, 15) is 4.79 Å². The maximum Gasteiger partial charge on any atom is 0.246 e. The Morgan fingerprint density at radius 3 is 2.73 bits per heavy atom. The Hall–Kier alpha value is -0.830. The van der Waals surface area contributed by atoms with Crippen LogP contribution in [-0.2, 0) is 9.53 Å². The van der Waals surface area contributed by atoms with Crippen molar-refractivity contribution in [1.29, 1.82) is 0 Å². The number of hydrogen-bond donors (Lipinski definition) is 0. The standard InChI is InChI=1S/C12H21NO2/c1-5-11(14)13-8-6-7-10(9-13)15-12(2,3)4/h5,10H,1,6-9H2,2-4H3. The first-order valence-electron chi connectivity index (χ1n) is 5.51. The van der Waals surface area contributed by atoms with Gasteiger partial charge < -0.3 is 9.64 Å². The number of rotatable bonds is 2. The third-order valence-electron chi connectivity index (χ3n) is 2.38. The average molecular weight is 211 g/mol. The van der Waals surface area contributed by atoms with Crippen LogP contribution in [0.5, 0.6) is 0 Å². The molecule has 1 heterocycles. The molecule has 1 rings (SSSR count). The van der Waals surface area contributed by atoms with E-state index in [1.807, 2.05) is 25.7 Å². The van der Waals surface area contributed by atoms with Crippen molar-refractivity contribution >= 4 is 5.91 Å². The summed E-state index contributed by atoms with van der Waals surface area (Å²) in [4.78, 5) is 13.2. The summed E-state index contributed by atoms with van der Waals surface area (Å²) in [7, 11) is 0. The van der Waals surface area contributed by atoms with Crippen molar-refractivity contribution in [3.8, 4) is 0 Å². The van der Waals surface area contributed by atoms with Crippen molar-refractivity contribution in [3.05, 3.63) is 12.7 Å². The number of carbonyl (C=O) groups excluding carboxylic acids is 1. The minimum absolute atomic E-state index is 0.0113. The van der Waals surface area contributed by atoms with Gasteiger partial charge in [-0.25, -0.2) is 0 Å². The van der Waals surface area contributed by atoms with Gasteiger partial charge in [-0.15, -0.1) is 0 Å². The predicted octanol–water partition coefficient (Wildman–Crippen LogP) is 1.98. The van der Waals surface area contributed by atoms with Gasteiger partial charge in [0.1, 0.15) is 0 Å². The Kier molecular flexibility index (Phi) is 3.91. The molecule has 3 nitrogen and oxygen atoms in total. The van der Waals surface area contributed by atoms with Gasteiger partial charge in [0.25, 0.3) is 0 Å². The molecule has 15 heavy (non-hydrogen) atoms. The lowest BCUT2D eigenvalue weighted by Crippen LogP contribution is -2.44. The number of hydrogen-bond acceptors (Lipinski definition) is 2. The lowest BCUT2D eigenvalue weighted by atomic mass is 10.1. The van der Waals surface area contributed by atoms with Crippen molar-refractivity contribution < 1.29 is 9.53 Å². The highest BCUT2D eigenvalue weighted by Gasteiger charge is 2.26. The molecular weight excluding hydrogens is 190 g/mol. The maximum absolute atomic E-state index is 11.4. The zero-order chi connectivity index (χ0) is 11.5. The van der Waals surface area contributed by atoms with Crippen molar-refractivity contribution in [1.82, 2.24) is 4.90 Å². The van der Waals surface area contributed by atoms with Crippen LogP contribution in [-0.4, -0.2) is 35.6 Å². The van der Waals surface area contributed by atoms with Gasteiger partial charge in [0.2, 0.25) is 5.91 Å². The van der Waals surface area contributed by atoms with Crippen LogP contribution in [0.4, 0.5) is 0 Å². The minimum atomic E-state index is -0.134. The normalized spacial score (nSPS) is 22.6. The fourth-order valence-corrected chi connectivity index (χ4v) is 1.86. The van der Waals surface area contributed by atoms with Crippen molar-refractivity contribution in [2.24, 2.45) is 0 Å². The molecule has 0 aromatic carbocycles. The van der Waals surface area contributed by atoms with Crippen molar-refractivity contribution in [3.63, 3.8) is 0 Å². The van der Waals surface area contributed by atoms with Gasteiger partial charge >= 0.3 is 0 Å². The number of likely N-dealkylation sites (tertiary alicyclic amines) is 1. The van der Waals surface area contributed by atoms with Crippen LogP contribution in [0.25, 0.3) is 0 Å². The Morgan fingerprint density at radius 2 is 2.20 bits per heavy atom. The largest absolute Gasteiger partial charge is 0.371 e. The molecule has 0 aromatic rings. The van der Waals surface area contributed by atoms with E-state index >= 15 is 0 Å². The van der Waals surface area contributed by atoms with Gasteiger partial charge in [-0.1, -0.05) is 6.58 Å². The highest BCUT2D eigenvalue weighted by Crippen LogP contribution is 2.19. The molecule has 0 N–H and O–H groups in total. The summed E-state index contributed by atoms with van der Waals surface area (Å²) >= 11 is 0. The van der Waals surface area contributed by atoms with Crippen LogP contribution >= 0.6 is 0 Å². The molecule has 1 saturated heterocycles. The molecule has 0 spiro atoms. The molecule has 1 atom stereocenters. The van der Waals surface area contributed by atoms with E-state index in [4.69, 9.17) is 4.74 Å². The fraction of sp³-hybridized carbons (Fsp3) is 0.750. The number of carbonyl (C=O) groups is 1. The first-order chi connectivity index (χ1) is 6.92. The molecule has 1 aliphatic rings. The molecule has 0 aliphatic carbocycles. The molecule has 1 aliphatic heterocycles. The molecule has 0 bridgehead atoms. The molecule has 86 valence electrons. The Labute approximate surface area is 92.1 Å². The highest BCUT2D eigenvalue weighted by atomic mass is 16.5. The quantitative estimate of drug-likeness (QED) is 0.654. The molecule has 0 radical (unpaired) electrons. The van der Waals surface area contributed by atoms with E-state index in [-0.39, 0.29) is 17.6 Å². The van der Waals surface area contributed by atoms with Crippen LogP contribution < -0.4 is 0 Å². The Bertz CT molecular complexity index is 242. The van der Waals surface area contributed by atoms with Crippen LogP contribution in [0.15, 0.2) is 12.7 Å². The topological polar surface area (TPSA) is 29.5 Å². The van der Waals surface area contributed by atoms with Gasteiger partial charge in [-0.2, -0.15) is 0 Å². The van der Waals surface area contributed by atoms with Crippen LogP contribution in [0.1, 0.15) is 33.6 Å². The SMILES string of the molecule is C=CC(=O)N1CCCC(OC(C)(C)C)C1. The summed E-state index contributed by atoms with van der Waals surface area (Å²) < 4.78 is 5.88. The predicted molar refractivity (Wildman–Crippen MR) is 60.6 cm³/mol. The lowest BCUT2D eigenvalue weighted by molar-refractivity contribution is -0.134. The van der Waals surface area contributed by atoms with Crippen LogP contribution in [0.3, 0.4) is 0 Å². The third kappa shape index (κ3) is 4.04. The number of piperidine rings is 1. The van der Waals surface area contributed by atoms with E-state index in [1.54, 1.807) is 0 Å². The fourth-order valence-electron chi connectivity index (χ4n) is 1.86. The average Bonchev–Trinajstić information content (AvgIpc) is 2.14. The highest BCUT2D eigenvalue weighted by molar-refractivity contribution is 5.87. The molecule has 0 saturated carbocycles. The first-order valence-corrected chi connectivity index (χ1v) is 5.51. The maximum atomic E-state index is 11.4. The summed E-state index contributed by atoms with van der Waals surface area (Å²) in [6.07, 6.45) is 3.60. The summed E-state index contributed by atoms with van der Waals surface area (Å²) in [6, 6.07) is 0. The van der Waals surface area contributed by atoms with E-state index < -0.39 is 0 Å². The lowest BCUT2D eigenvalue weighted by Gasteiger charge is -2.35. The van der Waals surface area contributed by atoms with E-state index in [0.29, 0.717) is 6.54 Å².